The van der Waals surface area contributed by atoms with Crippen LogP contribution in [0.4, 0.5) is 0 Å². The molecule has 1 aromatic rings. The smallest absolute Gasteiger partial charge is 0.260 e. The number of likely N-dealkylation sites (tertiary alicyclic amines) is 1. The standard InChI is InChI=1S/C15H22N2O2/c1-12-6-3-4-8-14(12)19-11-15(18)17-9-5-7-13(10-17)16-2/h3-4,6,8,13,16H,5,7,9-11H2,1-2H3/t13-/m1/s1. The van der Waals surface area contributed by atoms with Gasteiger partial charge in [-0.1, -0.05) is 18.2 Å². The zero-order chi connectivity index (χ0) is 13.7. The zero-order valence-corrected chi connectivity index (χ0v) is 11.7. The van der Waals surface area contributed by atoms with Crippen molar-refractivity contribution in [2.45, 2.75) is 25.8 Å². The third-order valence-electron chi connectivity index (χ3n) is 3.63. The van der Waals surface area contributed by atoms with Crippen molar-refractivity contribution < 1.29 is 9.53 Å². The van der Waals surface area contributed by atoms with Gasteiger partial charge < -0.3 is 15.0 Å². The van der Waals surface area contributed by atoms with Gasteiger partial charge in [0.05, 0.1) is 0 Å². The number of aryl methyl sites for hydroxylation is 1. The van der Waals surface area contributed by atoms with Gasteiger partial charge in [0.15, 0.2) is 6.61 Å². The molecule has 0 spiro atoms. The minimum atomic E-state index is 0.0724. The summed E-state index contributed by atoms with van der Waals surface area (Å²) in [6.07, 6.45) is 2.19. The number of benzene rings is 1. The quantitative estimate of drug-likeness (QED) is 0.896. The number of nitrogens with zero attached hydrogens (tertiary/aromatic N) is 1. The molecule has 1 fully saturated rings. The fourth-order valence-corrected chi connectivity index (χ4v) is 2.39. The molecule has 0 unspecified atom stereocenters. The predicted molar refractivity (Wildman–Crippen MR) is 75.3 cm³/mol. The molecule has 0 bridgehead atoms. The van der Waals surface area contributed by atoms with E-state index in [0.717, 1.165) is 37.2 Å². The van der Waals surface area contributed by atoms with E-state index >= 15 is 0 Å². The third kappa shape index (κ3) is 3.70. The third-order valence-corrected chi connectivity index (χ3v) is 3.63. The van der Waals surface area contributed by atoms with E-state index in [0.29, 0.717) is 6.04 Å². The van der Waals surface area contributed by atoms with E-state index < -0.39 is 0 Å². The SMILES string of the molecule is CN[C@@H]1CCCN(C(=O)COc2ccccc2C)C1. The van der Waals surface area contributed by atoms with Gasteiger partial charge in [-0.2, -0.15) is 0 Å². The first kappa shape index (κ1) is 13.9. The van der Waals surface area contributed by atoms with E-state index in [1.165, 1.54) is 0 Å². The molecule has 1 saturated heterocycles. The van der Waals surface area contributed by atoms with Crippen LogP contribution in [0, 0.1) is 6.92 Å². The van der Waals surface area contributed by atoms with Gasteiger partial charge in [-0.05, 0) is 38.4 Å². The highest BCUT2D eigenvalue weighted by Gasteiger charge is 2.22. The van der Waals surface area contributed by atoms with Gasteiger partial charge in [0.2, 0.25) is 0 Å². The van der Waals surface area contributed by atoms with Crippen molar-refractivity contribution in [1.82, 2.24) is 10.2 Å². The van der Waals surface area contributed by atoms with Crippen LogP contribution in [0.25, 0.3) is 0 Å². The Morgan fingerprint density at radius 2 is 2.26 bits per heavy atom. The lowest BCUT2D eigenvalue weighted by Crippen LogP contribution is -2.48. The number of hydrogen-bond donors (Lipinski definition) is 1. The number of para-hydroxylation sites is 1. The number of hydrogen-bond acceptors (Lipinski definition) is 3. The van der Waals surface area contributed by atoms with Crippen LogP contribution in [-0.4, -0.2) is 43.6 Å². The lowest BCUT2D eigenvalue weighted by molar-refractivity contribution is -0.134. The lowest BCUT2D eigenvalue weighted by Gasteiger charge is -2.32. The molecule has 4 nitrogen and oxygen atoms in total. The Morgan fingerprint density at radius 1 is 1.47 bits per heavy atom. The molecule has 2 rings (SSSR count). The van der Waals surface area contributed by atoms with Crippen LogP contribution in [0.3, 0.4) is 0 Å². The van der Waals surface area contributed by atoms with E-state index in [1.54, 1.807) is 0 Å². The number of ether oxygens (including phenoxy) is 1. The van der Waals surface area contributed by atoms with Crippen molar-refractivity contribution in [1.29, 1.82) is 0 Å². The second kappa shape index (κ2) is 6.57. The molecule has 0 saturated carbocycles. The predicted octanol–water partition coefficient (Wildman–Crippen LogP) is 1.58. The Kier molecular flexibility index (Phi) is 4.80. The van der Waals surface area contributed by atoms with E-state index in [-0.39, 0.29) is 12.5 Å². The largest absolute Gasteiger partial charge is 0.484 e. The molecule has 1 aliphatic rings. The first-order valence-electron chi connectivity index (χ1n) is 6.84. The summed E-state index contributed by atoms with van der Waals surface area (Å²) in [7, 11) is 1.95. The summed E-state index contributed by atoms with van der Waals surface area (Å²) in [5, 5.41) is 3.24. The molecule has 19 heavy (non-hydrogen) atoms. The second-order valence-electron chi connectivity index (χ2n) is 5.02. The van der Waals surface area contributed by atoms with Crippen molar-refractivity contribution in [2.75, 3.05) is 26.7 Å². The van der Waals surface area contributed by atoms with Crippen molar-refractivity contribution in [3.63, 3.8) is 0 Å². The van der Waals surface area contributed by atoms with Crippen molar-refractivity contribution in [3.05, 3.63) is 29.8 Å². The summed E-state index contributed by atoms with van der Waals surface area (Å²) in [6.45, 7) is 3.74. The maximum atomic E-state index is 12.1. The Bertz CT molecular complexity index is 434. The van der Waals surface area contributed by atoms with E-state index in [2.05, 4.69) is 5.32 Å². The van der Waals surface area contributed by atoms with Crippen LogP contribution in [0.1, 0.15) is 18.4 Å². The van der Waals surface area contributed by atoms with Crippen LogP contribution in [0.15, 0.2) is 24.3 Å². The Labute approximate surface area is 114 Å². The lowest BCUT2D eigenvalue weighted by atomic mass is 10.1. The van der Waals surface area contributed by atoms with Crippen LogP contribution in [0.5, 0.6) is 5.75 Å². The minimum Gasteiger partial charge on any atom is -0.484 e. The fraction of sp³-hybridized carbons (Fsp3) is 0.533. The molecule has 1 aromatic carbocycles. The van der Waals surface area contributed by atoms with Crippen LogP contribution in [0.2, 0.25) is 0 Å². The first-order valence-corrected chi connectivity index (χ1v) is 6.84. The number of amides is 1. The molecular formula is C15H22N2O2. The maximum absolute atomic E-state index is 12.1. The van der Waals surface area contributed by atoms with E-state index in [9.17, 15) is 4.79 Å². The summed E-state index contributed by atoms with van der Waals surface area (Å²) in [5.41, 5.74) is 1.06. The first-order chi connectivity index (χ1) is 9.20. The fourth-order valence-electron chi connectivity index (χ4n) is 2.39. The van der Waals surface area contributed by atoms with Gasteiger partial charge in [0, 0.05) is 19.1 Å². The highest BCUT2D eigenvalue weighted by Crippen LogP contribution is 2.16. The second-order valence-corrected chi connectivity index (χ2v) is 5.02. The van der Waals surface area contributed by atoms with E-state index in [1.807, 2.05) is 43.1 Å². The molecule has 1 atom stereocenters. The van der Waals surface area contributed by atoms with Crippen LogP contribution >= 0.6 is 0 Å². The van der Waals surface area contributed by atoms with Crippen LogP contribution < -0.4 is 10.1 Å². The molecule has 1 N–H and O–H groups in total. The van der Waals surface area contributed by atoms with Gasteiger partial charge in [0.1, 0.15) is 5.75 Å². The van der Waals surface area contributed by atoms with Crippen LogP contribution in [-0.2, 0) is 4.79 Å². The molecule has 0 aromatic heterocycles. The Hall–Kier alpha value is -1.55. The highest BCUT2D eigenvalue weighted by atomic mass is 16.5. The topological polar surface area (TPSA) is 41.6 Å². The summed E-state index contributed by atoms with van der Waals surface area (Å²) in [6, 6.07) is 8.18. The number of carbonyl (C=O) groups excluding carboxylic acids is 1. The average Bonchev–Trinajstić information content (AvgIpc) is 2.46. The van der Waals surface area contributed by atoms with Crippen molar-refractivity contribution in [2.24, 2.45) is 0 Å². The van der Waals surface area contributed by atoms with Gasteiger partial charge in [-0.25, -0.2) is 0 Å². The zero-order valence-electron chi connectivity index (χ0n) is 11.7. The summed E-state index contributed by atoms with van der Waals surface area (Å²) in [5.74, 6) is 0.862. The number of carbonyl (C=O) groups is 1. The summed E-state index contributed by atoms with van der Waals surface area (Å²) < 4.78 is 5.61. The number of likely N-dealkylation sites (N-methyl/N-ethyl adjacent to an activating group) is 1. The summed E-state index contributed by atoms with van der Waals surface area (Å²) >= 11 is 0. The maximum Gasteiger partial charge on any atom is 0.260 e. The monoisotopic (exact) mass is 262 g/mol. The number of nitrogens with one attached hydrogen (secondary N) is 1. The van der Waals surface area contributed by atoms with Gasteiger partial charge in [0.25, 0.3) is 5.91 Å². The highest BCUT2D eigenvalue weighted by molar-refractivity contribution is 5.78. The van der Waals surface area contributed by atoms with Crippen molar-refractivity contribution in [3.8, 4) is 5.75 Å². The van der Waals surface area contributed by atoms with Gasteiger partial charge in [-0.3, -0.25) is 4.79 Å². The molecule has 4 heteroatoms. The van der Waals surface area contributed by atoms with Crippen molar-refractivity contribution >= 4 is 5.91 Å². The molecule has 1 amide bonds. The molecule has 0 aliphatic carbocycles. The van der Waals surface area contributed by atoms with E-state index in [4.69, 9.17) is 4.74 Å². The minimum absolute atomic E-state index is 0.0724. The normalized spacial score (nSPS) is 19.3. The number of piperidine rings is 1. The Morgan fingerprint density at radius 3 is 3.00 bits per heavy atom. The van der Waals surface area contributed by atoms with Gasteiger partial charge >= 0.3 is 0 Å². The summed E-state index contributed by atoms with van der Waals surface area (Å²) in [4.78, 5) is 14.0. The number of rotatable bonds is 4. The Balaban J connectivity index is 1.86. The van der Waals surface area contributed by atoms with Gasteiger partial charge in [-0.15, -0.1) is 0 Å². The average molecular weight is 262 g/mol. The molecular weight excluding hydrogens is 240 g/mol. The molecule has 1 heterocycles. The molecule has 0 radical (unpaired) electrons. The molecule has 1 aliphatic heterocycles. The molecule has 104 valence electrons.